The number of aromatic hydroxyl groups is 2. The van der Waals surface area contributed by atoms with Gasteiger partial charge in [0.1, 0.15) is 23.0 Å². The minimum Gasteiger partial charge on any atom is -0.508 e. The highest BCUT2D eigenvalue weighted by Crippen LogP contribution is 2.56. The Hall–Kier alpha value is -4.26. The Balaban J connectivity index is 0.000000212. The molecule has 3 aromatic carbocycles. The second-order valence-corrected chi connectivity index (χ2v) is 11.8. The summed E-state index contributed by atoms with van der Waals surface area (Å²) in [6.45, 7) is 2.26. The van der Waals surface area contributed by atoms with Crippen LogP contribution < -0.4 is 4.74 Å². The molecule has 0 amide bonds. The number of unbranched alkanes of at least 4 members (excludes halogenated alkanes) is 11. The monoisotopic (exact) mass is 614 g/mol. The van der Waals surface area contributed by atoms with E-state index in [1.807, 2.05) is 12.1 Å². The van der Waals surface area contributed by atoms with E-state index in [2.05, 4.69) is 19.1 Å². The SMILES string of the molecule is CCCCCCCC/C=C\CCCCCCCC(=O)O.O=C1OC2(c3ccc(O)cc3Oc3cc(O)ccc32)c2ccccc21. The number of benzene rings is 3. The third-order valence-electron chi connectivity index (χ3n) is 8.33. The second-order valence-electron chi connectivity index (χ2n) is 11.8. The number of hydrogen-bond donors (Lipinski definition) is 3. The van der Waals surface area contributed by atoms with E-state index in [9.17, 15) is 19.8 Å². The largest absolute Gasteiger partial charge is 0.508 e. The molecular formula is C38H46O7. The predicted octanol–water partition coefficient (Wildman–Crippen LogP) is 9.77. The van der Waals surface area contributed by atoms with Crippen molar-refractivity contribution in [1.82, 2.24) is 0 Å². The maximum atomic E-state index is 12.5. The van der Waals surface area contributed by atoms with E-state index in [1.165, 1.54) is 94.9 Å². The summed E-state index contributed by atoms with van der Waals surface area (Å²) in [7, 11) is 0. The van der Waals surface area contributed by atoms with Gasteiger partial charge in [0, 0.05) is 35.2 Å². The number of phenols is 2. The average molecular weight is 615 g/mol. The Morgan fingerprint density at radius 2 is 1.24 bits per heavy atom. The van der Waals surface area contributed by atoms with Crippen molar-refractivity contribution in [3.05, 3.63) is 95.1 Å². The fourth-order valence-corrected chi connectivity index (χ4v) is 6.00. The Bertz CT molecular complexity index is 1410. The molecule has 0 saturated carbocycles. The molecule has 0 aromatic heterocycles. The van der Waals surface area contributed by atoms with Gasteiger partial charge in [0.15, 0.2) is 5.60 Å². The molecule has 2 aliphatic heterocycles. The number of hydrogen-bond acceptors (Lipinski definition) is 6. The summed E-state index contributed by atoms with van der Waals surface area (Å²) >= 11 is 0. The van der Waals surface area contributed by atoms with Crippen LogP contribution in [0.2, 0.25) is 0 Å². The lowest BCUT2D eigenvalue weighted by atomic mass is 9.77. The van der Waals surface area contributed by atoms with Crippen LogP contribution in [0.25, 0.3) is 0 Å². The summed E-state index contributed by atoms with van der Waals surface area (Å²) in [5.41, 5.74) is 1.28. The summed E-state index contributed by atoms with van der Waals surface area (Å²) in [5.74, 6) is -0.256. The Morgan fingerprint density at radius 3 is 1.82 bits per heavy atom. The summed E-state index contributed by atoms with van der Waals surface area (Å²) < 4.78 is 11.8. The first-order chi connectivity index (χ1) is 21.9. The van der Waals surface area contributed by atoms with Crippen LogP contribution in [-0.4, -0.2) is 27.3 Å². The Labute approximate surface area is 266 Å². The van der Waals surface area contributed by atoms with Gasteiger partial charge in [-0.2, -0.15) is 0 Å². The number of carboxylic acids is 1. The van der Waals surface area contributed by atoms with Gasteiger partial charge in [-0.1, -0.05) is 88.6 Å². The molecule has 0 bridgehead atoms. The molecule has 0 unspecified atom stereocenters. The summed E-state index contributed by atoms with van der Waals surface area (Å²) in [4.78, 5) is 22.9. The topological polar surface area (TPSA) is 113 Å². The fraction of sp³-hybridized carbons (Fsp3) is 0.421. The maximum Gasteiger partial charge on any atom is 0.340 e. The van der Waals surface area contributed by atoms with Gasteiger partial charge in [-0.25, -0.2) is 4.79 Å². The lowest BCUT2D eigenvalue weighted by Crippen LogP contribution is -2.32. The van der Waals surface area contributed by atoms with Gasteiger partial charge < -0.3 is 24.8 Å². The zero-order valence-corrected chi connectivity index (χ0v) is 26.3. The molecule has 7 nitrogen and oxygen atoms in total. The van der Waals surface area contributed by atoms with Crippen molar-refractivity contribution < 1.29 is 34.4 Å². The summed E-state index contributed by atoms with van der Waals surface area (Å²) in [6, 6.07) is 16.6. The smallest absolute Gasteiger partial charge is 0.340 e. The number of esters is 1. The second kappa shape index (κ2) is 16.7. The van der Waals surface area contributed by atoms with Crippen LogP contribution >= 0.6 is 0 Å². The van der Waals surface area contributed by atoms with Gasteiger partial charge in [-0.15, -0.1) is 0 Å². The molecule has 7 heteroatoms. The predicted molar refractivity (Wildman–Crippen MR) is 175 cm³/mol. The molecule has 0 aliphatic carbocycles. The molecule has 0 saturated heterocycles. The average Bonchev–Trinajstić information content (AvgIpc) is 3.31. The van der Waals surface area contributed by atoms with Crippen LogP contribution in [0.4, 0.5) is 0 Å². The van der Waals surface area contributed by atoms with E-state index in [1.54, 1.807) is 24.3 Å². The highest BCUT2D eigenvalue weighted by Gasteiger charge is 2.53. The maximum absolute atomic E-state index is 12.5. The molecule has 0 radical (unpaired) electrons. The first-order valence-electron chi connectivity index (χ1n) is 16.4. The number of rotatable bonds is 15. The van der Waals surface area contributed by atoms with E-state index in [4.69, 9.17) is 14.6 Å². The number of phenolic OH excluding ortho intramolecular Hbond substituents is 2. The first-order valence-corrected chi connectivity index (χ1v) is 16.4. The first kappa shape index (κ1) is 33.6. The molecular weight excluding hydrogens is 568 g/mol. The number of allylic oxidation sites excluding steroid dienone is 2. The van der Waals surface area contributed by atoms with Crippen LogP contribution in [0.5, 0.6) is 23.0 Å². The van der Waals surface area contributed by atoms with E-state index >= 15 is 0 Å². The molecule has 2 heterocycles. The van der Waals surface area contributed by atoms with Crippen molar-refractivity contribution in [2.75, 3.05) is 0 Å². The van der Waals surface area contributed by atoms with Crippen molar-refractivity contribution in [3.63, 3.8) is 0 Å². The molecule has 1 spiro atoms. The summed E-state index contributed by atoms with van der Waals surface area (Å²) in [6.07, 6.45) is 21.2. The minimum absolute atomic E-state index is 0.0371. The number of aliphatic carboxylic acids is 1. The molecule has 240 valence electrons. The Kier molecular flexibility index (Phi) is 12.5. The van der Waals surface area contributed by atoms with Crippen molar-refractivity contribution in [1.29, 1.82) is 0 Å². The van der Waals surface area contributed by atoms with Crippen LogP contribution in [-0.2, 0) is 15.1 Å². The highest BCUT2D eigenvalue weighted by atomic mass is 16.6. The van der Waals surface area contributed by atoms with Crippen LogP contribution in [0.1, 0.15) is 124 Å². The van der Waals surface area contributed by atoms with Gasteiger partial charge in [-0.05, 0) is 62.4 Å². The van der Waals surface area contributed by atoms with Gasteiger partial charge >= 0.3 is 11.9 Å². The lowest BCUT2D eigenvalue weighted by Gasteiger charge is -2.36. The molecule has 5 rings (SSSR count). The van der Waals surface area contributed by atoms with Crippen LogP contribution in [0, 0.1) is 0 Å². The number of carbonyl (C=O) groups excluding carboxylic acids is 1. The van der Waals surface area contributed by atoms with E-state index in [0.717, 1.165) is 12.8 Å². The van der Waals surface area contributed by atoms with Crippen molar-refractivity contribution >= 4 is 11.9 Å². The van der Waals surface area contributed by atoms with Crippen molar-refractivity contribution in [2.24, 2.45) is 0 Å². The van der Waals surface area contributed by atoms with Gasteiger partial charge in [-0.3, -0.25) is 4.79 Å². The zero-order valence-electron chi connectivity index (χ0n) is 26.3. The van der Waals surface area contributed by atoms with Crippen LogP contribution in [0.15, 0.2) is 72.8 Å². The van der Waals surface area contributed by atoms with E-state index in [-0.39, 0.29) is 11.5 Å². The van der Waals surface area contributed by atoms with Crippen LogP contribution in [0.3, 0.4) is 0 Å². The number of fused-ring (bicyclic) bond motifs is 6. The molecule has 0 atom stereocenters. The molecule has 0 fully saturated rings. The summed E-state index contributed by atoms with van der Waals surface area (Å²) in [5, 5.41) is 28.2. The zero-order chi connectivity index (χ0) is 32.1. The molecule has 3 aromatic rings. The Morgan fingerprint density at radius 1 is 0.711 bits per heavy atom. The third kappa shape index (κ3) is 8.68. The lowest BCUT2D eigenvalue weighted by molar-refractivity contribution is -0.137. The van der Waals surface area contributed by atoms with Crippen molar-refractivity contribution in [2.45, 2.75) is 102 Å². The number of carbonyl (C=O) groups is 2. The van der Waals surface area contributed by atoms with E-state index < -0.39 is 17.5 Å². The number of ether oxygens (including phenoxy) is 2. The quantitative estimate of drug-likeness (QED) is 0.0887. The van der Waals surface area contributed by atoms with Gasteiger partial charge in [0.2, 0.25) is 0 Å². The van der Waals surface area contributed by atoms with Gasteiger partial charge in [0.05, 0.1) is 5.56 Å². The molecule has 2 aliphatic rings. The minimum atomic E-state index is -1.17. The molecule has 45 heavy (non-hydrogen) atoms. The number of carboxylic acid groups (broad SMARTS) is 1. The highest BCUT2D eigenvalue weighted by molar-refractivity contribution is 5.97. The van der Waals surface area contributed by atoms with Gasteiger partial charge in [0.25, 0.3) is 0 Å². The third-order valence-corrected chi connectivity index (χ3v) is 8.33. The standard InChI is InChI=1S/C20H12O5.C18H34O2/c21-11-5-7-15-17(9-11)24-18-10-12(22)6-8-16(18)20(15)14-4-2-1-3-13(14)19(23)25-20;1-2-3-4-5-6-7-8-9-10-11-12-13-14-15-16-17-18(19)20/h1-10,21-22H;9-10H,2-8,11-17H2,1H3,(H,19,20)/b;10-9-. The van der Waals surface area contributed by atoms with E-state index in [0.29, 0.717) is 40.2 Å². The van der Waals surface area contributed by atoms with Crippen molar-refractivity contribution in [3.8, 4) is 23.0 Å². The normalized spacial score (nSPS) is 13.8. The molecule has 3 N–H and O–H groups in total. The fourth-order valence-electron chi connectivity index (χ4n) is 6.00.